The molecule has 1 unspecified atom stereocenters. The molecule has 0 aromatic heterocycles. The minimum absolute atomic E-state index is 0.449. The van der Waals surface area contributed by atoms with Crippen LogP contribution >= 0.6 is 0 Å². The number of hydrogen-bond acceptors (Lipinski definition) is 3. The minimum atomic E-state index is 0.449. The lowest BCUT2D eigenvalue weighted by molar-refractivity contribution is 0.525. The normalized spacial score (nSPS) is 27.2. The molecule has 1 atom stereocenters. The first kappa shape index (κ1) is 6.58. The highest BCUT2D eigenvalue weighted by Gasteiger charge is 2.22. The van der Waals surface area contributed by atoms with Gasteiger partial charge in [0.2, 0.25) is 5.96 Å². The van der Waals surface area contributed by atoms with Gasteiger partial charge in [-0.1, -0.05) is 6.92 Å². The molecule has 3 nitrogen and oxygen atoms in total. The molecule has 2 rings (SSSR count). The molecular formula is C8H11N3. The Hall–Kier alpha value is -1.12. The zero-order chi connectivity index (χ0) is 7.68. The van der Waals surface area contributed by atoms with Crippen LogP contribution in [0, 0.1) is 0 Å². The molecule has 0 saturated carbocycles. The lowest BCUT2D eigenvalue weighted by atomic mass is 10.2. The van der Waals surface area contributed by atoms with Gasteiger partial charge in [-0.2, -0.15) is 0 Å². The number of allylic oxidation sites excluding steroid dienone is 1. The maximum atomic E-state index is 4.42. The van der Waals surface area contributed by atoms with E-state index in [2.05, 4.69) is 21.8 Å². The Morgan fingerprint density at radius 3 is 3.36 bits per heavy atom. The van der Waals surface area contributed by atoms with E-state index in [4.69, 9.17) is 0 Å². The number of aliphatic imine (C=N–C) groups is 2. The molecule has 0 aromatic rings. The van der Waals surface area contributed by atoms with Gasteiger partial charge in [-0.3, -0.25) is 0 Å². The highest BCUT2D eigenvalue weighted by atomic mass is 15.3. The van der Waals surface area contributed by atoms with Crippen molar-refractivity contribution in [2.75, 3.05) is 6.54 Å². The molecule has 0 bridgehead atoms. The summed E-state index contributed by atoms with van der Waals surface area (Å²) in [6.07, 6.45) is 6.86. The van der Waals surface area contributed by atoms with Crippen molar-refractivity contribution < 1.29 is 0 Å². The zero-order valence-corrected chi connectivity index (χ0v) is 6.57. The van der Waals surface area contributed by atoms with Gasteiger partial charge in [-0.05, 0) is 12.5 Å². The quantitative estimate of drug-likeness (QED) is 0.547. The van der Waals surface area contributed by atoms with E-state index in [0.717, 1.165) is 18.9 Å². The number of fused-ring (bicyclic) bond motifs is 1. The summed E-state index contributed by atoms with van der Waals surface area (Å²) in [6.45, 7) is 3.15. The summed E-state index contributed by atoms with van der Waals surface area (Å²) in [7, 11) is 0. The van der Waals surface area contributed by atoms with E-state index in [1.54, 1.807) is 6.21 Å². The molecule has 0 amide bonds. The second-order valence-corrected chi connectivity index (χ2v) is 2.76. The van der Waals surface area contributed by atoms with Crippen LogP contribution < -0.4 is 0 Å². The summed E-state index contributed by atoms with van der Waals surface area (Å²) >= 11 is 0. The van der Waals surface area contributed by atoms with Gasteiger partial charge < -0.3 is 4.90 Å². The van der Waals surface area contributed by atoms with Crippen molar-refractivity contribution in [2.45, 2.75) is 19.4 Å². The molecule has 0 aliphatic carbocycles. The maximum Gasteiger partial charge on any atom is 0.225 e. The fourth-order valence-corrected chi connectivity index (χ4v) is 1.29. The molecule has 2 heterocycles. The second-order valence-electron chi connectivity index (χ2n) is 2.76. The maximum absolute atomic E-state index is 4.42. The van der Waals surface area contributed by atoms with Crippen molar-refractivity contribution >= 4 is 12.2 Å². The van der Waals surface area contributed by atoms with Gasteiger partial charge in [0.25, 0.3) is 0 Å². The van der Waals surface area contributed by atoms with Crippen molar-refractivity contribution in [3.8, 4) is 0 Å². The SMILES string of the molecule is CCC1CN2C=CC=NC2=N1. The van der Waals surface area contributed by atoms with E-state index in [1.807, 2.05) is 12.3 Å². The number of guanidine groups is 1. The first-order valence-electron chi connectivity index (χ1n) is 3.95. The average molecular weight is 149 g/mol. The minimum Gasteiger partial charge on any atom is -0.315 e. The molecule has 11 heavy (non-hydrogen) atoms. The number of rotatable bonds is 1. The third-order valence-electron chi connectivity index (χ3n) is 1.98. The number of nitrogens with zero attached hydrogens (tertiary/aromatic N) is 3. The van der Waals surface area contributed by atoms with Crippen molar-refractivity contribution in [3.05, 3.63) is 12.3 Å². The molecule has 3 heteroatoms. The zero-order valence-electron chi connectivity index (χ0n) is 6.57. The molecule has 0 radical (unpaired) electrons. The van der Waals surface area contributed by atoms with Crippen LogP contribution in [0.3, 0.4) is 0 Å². The first-order chi connectivity index (χ1) is 5.40. The van der Waals surface area contributed by atoms with Crippen LogP contribution in [0.2, 0.25) is 0 Å². The summed E-state index contributed by atoms with van der Waals surface area (Å²) < 4.78 is 0. The van der Waals surface area contributed by atoms with Gasteiger partial charge in [0.05, 0.1) is 6.04 Å². The van der Waals surface area contributed by atoms with Gasteiger partial charge in [-0.15, -0.1) is 0 Å². The van der Waals surface area contributed by atoms with E-state index in [1.165, 1.54) is 0 Å². The van der Waals surface area contributed by atoms with Crippen molar-refractivity contribution in [3.63, 3.8) is 0 Å². The van der Waals surface area contributed by atoms with Crippen LogP contribution in [0.1, 0.15) is 13.3 Å². The molecule has 58 valence electrons. The Labute approximate surface area is 66.1 Å². The molecule has 0 spiro atoms. The van der Waals surface area contributed by atoms with E-state index in [0.29, 0.717) is 6.04 Å². The summed E-state index contributed by atoms with van der Waals surface area (Å²) in [5.74, 6) is 0.874. The predicted molar refractivity (Wildman–Crippen MR) is 45.9 cm³/mol. The topological polar surface area (TPSA) is 28.0 Å². The Morgan fingerprint density at radius 1 is 1.73 bits per heavy atom. The lowest BCUT2D eigenvalue weighted by Crippen LogP contribution is -2.24. The summed E-state index contributed by atoms with van der Waals surface area (Å²) in [5, 5.41) is 0. The van der Waals surface area contributed by atoms with Gasteiger partial charge in [0, 0.05) is 19.0 Å². The first-order valence-corrected chi connectivity index (χ1v) is 3.95. The second kappa shape index (κ2) is 2.49. The summed E-state index contributed by atoms with van der Waals surface area (Å²) in [5.41, 5.74) is 0. The van der Waals surface area contributed by atoms with Gasteiger partial charge in [0.15, 0.2) is 0 Å². The van der Waals surface area contributed by atoms with Crippen LogP contribution in [0.15, 0.2) is 22.3 Å². The number of hydrogen-bond donors (Lipinski definition) is 0. The highest BCUT2D eigenvalue weighted by molar-refractivity contribution is 5.95. The third-order valence-corrected chi connectivity index (χ3v) is 1.98. The third kappa shape index (κ3) is 1.06. The van der Waals surface area contributed by atoms with Crippen LogP contribution in [0.5, 0.6) is 0 Å². The van der Waals surface area contributed by atoms with Crippen molar-refractivity contribution in [2.24, 2.45) is 9.98 Å². The molecule has 0 aromatic carbocycles. The largest absolute Gasteiger partial charge is 0.315 e. The van der Waals surface area contributed by atoms with E-state index < -0.39 is 0 Å². The van der Waals surface area contributed by atoms with Gasteiger partial charge in [-0.25, -0.2) is 9.98 Å². The molecule has 0 fully saturated rings. The van der Waals surface area contributed by atoms with Crippen LogP contribution in [-0.4, -0.2) is 29.7 Å². The van der Waals surface area contributed by atoms with Crippen LogP contribution in [-0.2, 0) is 0 Å². The Kier molecular flexibility index (Phi) is 1.49. The van der Waals surface area contributed by atoms with Crippen LogP contribution in [0.4, 0.5) is 0 Å². The fraction of sp³-hybridized carbons (Fsp3) is 0.500. The monoisotopic (exact) mass is 149 g/mol. The standard InChI is InChI=1S/C8H11N3/c1-2-7-6-11-5-3-4-9-8(11)10-7/h3-5,7H,2,6H2,1H3. The van der Waals surface area contributed by atoms with E-state index in [-0.39, 0.29) is 0 Å². The molecule has 2 aliphatic rings. The van der Waals surface area contributed by atoms with Gasteiger partial charge >= 0.3 is 0 Å². The molecular weight excluding hydrogens is 138 g/mol. The summed E-state index contributed by atoms with van der Waals surface area (Å²) in [6, 6.07) is 0.449. The molecule has 0 saturated heterocycles. The van der Waals surface area contributed by atoms with E-state index >= 15 is 0 Å². The molecule has 0 N–H and O–H groups in total. The average Bonchev–Trinajstić information content (AvgIpc) is 2.46. The lowest BCUT2D eigenvalue weighted by Gasteiger charge is -2.13. The summed E-state index contributed by atoms with van der Waals surface area (Å²) in [4.78, 5) is 10.7. The van der Waals surface area contributed by atoms with Crippen molar-refractivity contribution in [1.82, 2.24) is 4.90 Å². The fourth-order valence-electron chi connectivity index (χ4n) is 1.29. The Morgan fingerprint density at radius 2 is 2.64 bits per heavy atom. The highest BCUT2D eigenvalue weighted by Crippen LogP contribution is 2.14. The van der Waals surface area contributed by atoms with Crippen LogP contribution in [0.25, 0.3) is 0 Å². The van der Waals surface area contributed by atoms with Crippen molar-refractivity contribution in [1.29, 1.82) is 0 Å². The van der Waals surface area contributed by atoms with E-state index in [9.17, 15) is 0 Å². The predicted octanol–water partition coefficient (Wildman–Crippen LogP) is 1.03. The Balaban J connectivity index is 2.19. The smallest absolute Gasteiger partial charge is 0.225 e. The Bertz CT molecular complexity index is 240. The van der Waals surface area contributed by atoms with Gasteiger partial charge in [0.1, 0.15) is 0 Å². The molecule has 2 aliphatic heterocycles.